The summed E-state index contributed by atoms with van der Waals surface area (Å²) in [6, 6.07) is 17.1. The normalized spacial score (nSPS) is 16.4. The standard InChI is InChI=1S/C22H18F3N3O6S/c1-33-28-35-12-15(26-21(35)27-20(32)22(23,24)25)16(18(29)30)19(31)34-17(13-8-4-2-5-9-13)14-10-6-3-7-11-14/h2-12,16-17H,1H3,(H,29,30)(H,26,27,32). The van der Waals surface area contributed by atoms with Gasteiger partial charge in [-0.15, -0.1) is 0 Å². The van der Waals surface area contributed by atoms with Crippen LogP contribution in [0.4, 0.5) is 13.2 Å². The van der Waals surface area contributed by atoms with Gasteiger partial charge in [0.15, 0.2) is 17.2 Å². The topological polar surface area (TPSA) is 127 Å². The third-order valence-corrected chi connectivity index (χ3v) is 5.87. The number of benzene rings is 2. The van der Waals surface area contributed by atoms with Crippen molar-refractivity contribution in [2.45, 2.75) is 12.3 Å². The number of nitrogens with zero attached hydrogens (tertiary/aromatic N) is 2. The number of amides is 1. The second-order valence-electron chi connectivity index (χ2n) is 6.89. The highest BCUT2D eigenvalue weighted by Crippen LogP contribution is 2.30. The Bertz CT molecular complexity index is 1160. The molecule has 3 rings (SSSR count). The van der Waals surface area contributed by atoms with Crippen molar-refractivity contribution in [3.8, 4) is 0 Å². The van der Waals surface area contributed by atoms with Gasteiger partial charge >= 0.3 is 24.0 Å². The minimum absolute atomic E-state index is 0.455. The maximum atomic E-state index is 13.0. The van der Waals surface area contributed by atoms with Crippen LogP contribution < -0.4 is 5.32 Å². The van der Waals surface area contributed by atoms with Gasteiger partial charge in [-0.25, -0.2) is 9.83 Å². The Labute approximate surface area is 199 Å². The lowest BCUT2D eigenvalue weighted by Gasteiger charge is -2.21. The number of ether oxygens (including phenoxy) is 1. The van der Waals surface area contributed by atoms with E-state index in [9.17, 15) is 32.7 Å². The first kappa shape index (κ1) is 25.8. The summed E-state index contributed by atoms with van der Waals surface area (Å²) in [4.78, 5) is 44.7. The van der Waals surface area contributed by atoms with Crippen molar-refractivity contribution in [1.82, 2.24) is 5.32 Å². The molecule has 0 fully saturated rings. The molecule has 2 N–H and O–H groups in total. The number of hydrogen-bond donors (Lipinski definition) is 2. The maximum absolute atomic E-state index is 13.0. The van der Waals surface area contributed by atoms with Gasteiger partial charge < -0.3 is 9.84 Å². The molecule has 0 saturated heterocycles. The number of carbonyl (C=O) groups is 3. The lowest BCUT2D eigenvalue weighted by Crippen LogP contribution is -2.41. The van der Waals surface area contributed by atoms with Gasteiger partial charge in [0.2, 0.25) is 0 Å². The molecule has 2 atom stereocenters. The first-order valence-electron chi connectivity index (χ1n) is 9.81. The van der Waals surface area contributed by atoms with Crippen LogP contribution in [0.1, 0.15) is 17.2 Å². The molecule has 1 heterocycles. The first-order valence-corrected chi connectivity index (χ1v) is 11.1. The van der Waals surface area contributed by atoms with Crippen molar-refractivity contribution in [2.24, 2.45) is 15.4 Å². The van der Waals surface area contributed by atoms with Gasteiger partial charge in [-0.2, -0.15) is 13.2 Å². The van der Waals surface area contributed by atoms with Crippen molar-refractivity contribution in [3.05, 3.63) is 82.9 Å². The molecule has 0 spiro atoms. The van der Waals surface area contributed by atoms with Gasteiger partial charge in [0.05, 0.1) is 12.8 Å². The Hall–Kier alpha value is -3.84. The van der Waals surface area contributed by atoms with Gasteiger partial charge in [0.1, 0.15) is 0 Å². The number of rotatable bonds is 7. The molecule has 184 valence electrons. The van der Waals surface area contributed by atoms with E-state index >= 15 is 0 Å². The first-order chi connectivity index (χ1) is 16.6. The van der Waals surface area contributed by atoms with Crippen LogP contribution in [0, 0.1) is 5.92 Å². The van der Waals surface area contributed by atoms with Crippen LogP contribution in [0.5, 0.6) is 0 Å². The number of hydrogen-bond acceptors (Lipinski definition) is 7. The Morgan fingerprint density at radius 3 is 2.03 bits per heavy atom. The monoisotopic (exact) mass is 509 g/mol. The Kier molecular flexibility index (Phi) is 8.14. The average molecular weight is 509 g/mol. The molecular formula is C22H18F3N3O6S. The number of aliphatic imine (C=N–C) groups is 1. The predicted molar refractivity (Wildman–Crippen MR) is 118 cm³/mol. The largest absolute Gasteiger partial charge is 0.480 e. The fraction of sp³-hybridized carbons (Fsp3) is 0.182. The zero-order valence-corrected chi connectivity index (χ0v) is 18.7. The predicted octanol–water partition coefficient (Wildman–Crippen LogP) is 3.27. The van der Waals surface area contributed by atoms with E-state index in [1.165, 1.54) is 5.32 Å². The van der Waals surface area contributed by atoms with Gasteiger partial charge in [-0.05, 0) is 11.1 Å². The third-order valence-electron chi connectivity index (χ3n) is 4.51. The second kappa shape index (κ2) is 11.1. The van der Waals surface area contributed by atoms with Crippen LogP contribution >= 0.6 is 0 Å². The quantitative estimate of drug-likeness (QED) is 0.335. The number of carboxylic acids is 1. The molecule has 0 saturated carbocycles. The van der Waals surface area contributed by atoms with Gasteiger partial charge in [-0.3, -0.25) is 19.7 Å². The highest BCUT2D eigenvalue weighted by Gasteiger charge is 2.42. The number of carboxylic acid groups (broad SMARTS) is 1. The molecule has 2 aromatic carbocycles. The summed E-state index contributed by atoms with van der Waals surface area (Å²) in [5.74, 6) is -7.21. The van der Waals surface area contributed by atoms with E-state index in [2.05, 4.69) is 14.4 Å². The SMILES string of the molecule is CON=S1C=C(C(C(=O)O)C(=O)OC(c2ccccc2)c2ccccc2)N=C1NC(=O)C(F)(F)F. The molecule has 1 aliphatic heterocycles. The minimum Gasteiger partial charge on any atom is -0.480 e. The lowest BCUT2D eigenvalue weighted by atomic mass is 10.0. The van der Waals surface area contributed by atoms with E-state index in [1.54, 1.807) is 60.7 Å². The van der Waals surface area contributed by atoms with Gasteiger partial charge in [-0.1, -0.05) is 65.2 Å². The van der Waals surface area contributed by atoms with Gasteiger partial charge in [0, 0.05) is 16.1 Å². The summed E-state index contributed by atoms with van der Waals surface area (Å²) in [5, 5.41) is 11.7. The lowest BCUT2D eigenvalue weighted by molar-refractivity contribution is -0.171. The van der Waals surface area contributed by atoms with Crippen LogP contribution in [0.15, 0.2) is 81.3 Å². The van der Waals surface area contributed by atoms with Crippen LogP contribution in [-0.4, -0.2) is 41.4 Å². The van der Waals surface area contributed by atoms with Crippen molar-refractivity contribution in [3.63, 3.8) is 0 Å². The number of aliphatic carboxylic acids is 1. The molecule has 0 radical (unpaired) electrons. The summed E-state index contributed by atoms with van der Waals surface area (Å²) in [7, 11) is -0.595. The van der Waals surface area contributed by atoms with Crippen LogP contribution in [0.3, 0.4) is 0 Å². The van der Waals surface area contributed by atoms with Crippen molar-refractivity contribution in [2.75, 3.05) is 7.11 Å². The molecule has 1 aliphatic rings. The van der Waals surface area contributed by atoms with E-state index in [1.807, 2.05) is 0 Å². The number of amidine groups is 1. The van der Waals surface area contributed by atoms with Crippen LogP contribution in [0.2, 0.25) is 0 Å². The van der Waals surface area contributed by atoms with E-state index < -0.39 is 57.6 Å². The second-order valence-corrected chi connectivity index (χ2v) is 8.29. The van der Waals surface area contributed by atoms with E-state index in [0.717, 1.165) is 12.5 Å². The Morgan fingerprint density at radius 1 is 1.03 bits per heavy atom. The molecule has 2 aromatic rings. The zero-order chi connectivity index (χ0) is 25.6. The van der Waals surface area contributed by atoms with Crippen molar-refractivity contribution >= 4 is 33.7 Å². The third kappa shape index (κ3) is 6.39. The molecule has 0 bridgehead atoms. The highest BCUT2D eigenvalue weighted by molar-refractivity contribution is 8.05. The molecule has 9 nitrogen and oxygen atoms in total. The number of esters is 1. The minimum atomic E-state index is -5.23. The molecule has 35 heavy (non-hydrogen) atoms. The maximum Gasteiger partial charge on any atom is 0.471 e. The molecule has 0 aromatic heterocycles. The van der Waals surface area contributed by atoms with E-state index in [-0.39, 0.29) is 0 Å². The summed E-state index contributed by atoms with van der Waals surface area (Å²) < 4.78 is 47.2. The number of alkyl halides is 3. The summed E-state index contributed by atoms with van der Waals surface area (Å²) >= 11 is 0. The Morgan fingerprint density at radius 2 is 1.57 bits per heavy atom. The van der Waals surface area contributed by atoms with Crippen molar-refractivity contribution in [1.29, 1.82) is 0 Å². The average Bonchev–Trinajstić information content (AvgIpc) is 3.19. The summed E-state index contributed by atoms with van der Waals surface area (Å²) in [6.45, 7) is 0. The molecule has 1 amide bonds. The van der Waals surface area contributed by atoms with E-state index in [0.29, 0.717) is 11.1 Å². The smallest absolute Gasteiger partial charge is 0.471 e. The van der Waals surface area contributed by atoms with Gasteiger partial charge in [0.25, 0.3) is 0 Å². The summed E-state index contributed by atoms with van der Waals surface area (Å²) in [6.07, 6.45) is -6.19. The highest BCUT2D eigenvalue weighted by atomic mass is 32.2. The Balaban J connectivity index is 1.94. The fourth-order valence-electron chi connectivity index (χ4n) is 2.99. The molecule has 13 heteroatoms. The zero-order valence-electron chi connectivity index (χ0n) is 17.9. The molecule has 0 aliphatic carbocycles. The summed E-state index contributed by atoms with van der Waals surface area (Å²) in [5.41, 5.74) is 0.670. The fourth-order valence-corrected chi connectivity index (χ4v) is 4.19. The molecular weight excluding hydrogens is 491 g/mol. The van der Waals surface area contributed by atoms with Crippen LogP contribution in [0.25, 0.3) is 0 Å². The van der Waals surface area contributed by atoms with Crippen LogP contribution in [-0.2, 0) is 34.6 Å². The van der Waals surface area contributed by atoms with E-state index in [4.69, 9.17) is 4.74 Å². The number of carbonyl (C=O) groups excluding carboxylic acids is 2. The van der Waals surface area contributed by atoms with Crippen molar-refractivity contribution < 1.29 is 42.2 Å². The molecule has 2 unspecified atom stereocenters. The number of nitrogens with one attached hydrogen (secondary N) is 1. The number of halogens is 3.